The van der Waals surface area contributed by atoms with E-state index < -0.39 is 5.97 Å². The lowest BCUT2D eigenvalue weighted by Gasteiger charge is -2.08. The van der Waals surface area contributed by atoms with Crippen LogP contribution >= 0.6 is 23.5 Å². The zero-order valence-corrected chi connectivity index (χ0v) is 13.9. The van der Waals surface area contributed by atoms with Crippen LogP contribution in [-0.2, 0) is 17.0 Å². The normalized spacial score (nSPS) is 11.4. The van der Waals surface area contributed by atoms with Crippen LogP contribution in [0.4, 0.5) is 5.69 Å². The van der Waals surface area contributed by atoms with Gasteiger partial charge in [-0.15, -0.1) is 11.8 Å². The molecule has 1 N–H and O–H groups in total. The maximum Gasteiger partial charge on any atom is 0.307 e. The Morgan fingerprint density at radius 2 is 1.68 bits per heavy atom. The highest BCUT2D eigenvalue weighted by Crippen LogP contribution is 2.25. The summed E-state index contributed by atoms with van der Waals surface area (Å²) in [7, 11) is 0. The summed E-state index contributed by atoms with van der Waals surface area (Å²) in [5, 5.41) is 8.98. The van der Waals surface area contributed by atoms with Gasteiger partial charge >= 0.3 is 5.97 Å². The zero-order chi connectivity index (χ0) is 15.8. The van der Waals surface area contributed by atoms with Crippen LogP contribution in [0.15, 0.2) is 59.6 Å². The third-order valence-corrected chi connectivity index (χ3v) is 5.05. The van der Waals surface area contributed by atoms with Crippen LogP contribution in [0.5, 0.6) is 0 Å². The number of benzene rings is 2. The Kier molecular flexibility index (Phi) is 6.55. The van der Waals surface area contributed by atoms with Gasteiger partial charge in [-0.05, 0) is 29.5 Å². The Morgan fingerprint density at radius 1 is 1.05 bits per heavy atom. The summed E-state index contributed by atoms with van der Waals surface area (Å²) in [4.78, 5) is 15.5. The second-order valence-corrected chi connectivity index (χ2v) is 6.56. The van der Waals surface area contributed by atoms with Crippen LogP contribution in [0, 0.1) is 0 Å². The quantitative estimate of drug-likeness (QED) is 0.643. The average Bonchev–Trinajstić information content (AvgIpc) is 2.53. The Morgan fingerprint density at radius 3 is 2.32 bits per heavy atom. The first-order valence-corrected chi connectivity index (χ1v) is 8.99. The van der Waals surface area contributed by atoms with Crippen molar-refractivity contribution in [3.63, 3.8) is 0 Å². The molecule has 0 radical (unpaired) electrons. The monoisotopic (exact) mass is 331 g/mol. The van der Waals surface area contributed by atoms with Gasteiger partial charge in [-0.1, -0.05) is 54.2 Å². The molecule has 0 saturated heterocycles. The van der Waals surface area contributed by atoms with Gasteiger partial charge in [0.25, 0.3) is 0 Å². The SMILES string of the molecule is CS/C(=N\c1ccccc1)SCc1ccccc1CC(=O)O. The van der Waals surface area contributed by atoms with Gasteiger partial charge in [0.1, 0.15) is 4.38 Å². The van der Waals surface area contributed by atoms with E-state index in [1.54, 1.807) is 23.5 Å². The Balaban J connectivity index is 2.08. The van der Waals surface area contributed by atoms with E-state index in [4.69, 9.17) is 5.11 Å². The van der Waals surface area contributed by atoms with Gasteiger partial charge in [-0.25, -0.2) is 4.99 Å². The zero-order valence-electron chi connectivity index (χ0n) is 12.2. The number of hydrogen-bond donors (Lipinski definition) is 1. The van der Waals surface area contributed by atoms with E-state index in [0.29, 0.717) is 0 Å². The molecule has 0 saturated carbocycles. The maximum absolute atomic E-state index is 10.9. The van der Waals surface area contributed by atoms with Crippen LogP contribution in [0.25, 0.3) is 0 Å². The van der Waals surface area contributed by atoms with E-state index in [-0.39, 0.29) is 6.42 Å². The van der Waals surface area contributed by atoms with Crippen molar-refractivity contribution in [1.82, 2.24) is 0 Å². The van der Waals surface area contributed by atoms with Crippen LogP contribution in [0.3, 0.4) is 0 Å². The highest BCUT2D eigenvalue weighted by Gasteiger charge is 2.08. The fraction of sp³-hybridized carbons (Fsp3) is 0.176. The highest BCUT2D eigenvalue weighted by molar-refractivity contribution is 8.38. The molecule has 0 aliphatic heterocycles. The molecule has 0 bridgehead atoms. The summed E-state index contributed by atoms with van der Waals surface area (Å²) in [5.74, 6) is -0.0869. The number of aliphatic imine (C=N–C) groups is 1. The van der Waals surface area contributed by atoms with E-state index in [9.17, 15) is 4.79 Å². The summed E-state index contributed by atoms with van der Waals surface area (Å²) in [6.07, 6.45) is 2.05. The summed E-state index contributed by atoms with van der Waals surface area (Å²) < 4.78 is 0.969. The lowest BCUT2D eigenvalue weighted by molar-refractivity contribution is -0.136. The molecule has 0 amide bonds. The van der Waals surface area contributed by atoms with Crippen molar-refractivity contribution in [2.24, 2.45) is 4.99 Å². The molecule has 22 heavy (non-hydrogen) atoms. The van der Waals surface area contributed by atoms with E-state index in [0.717, 1.165) is 26.9 Å². The number of thioether (sulfide) groups is 2. The molecule has 2 rings (SSSR count). The van der Waals surface area contributed by atoms with Gasteiger partial charge in [0.05, 0.1) is 12.1 Å². The number of carboxylic acids is 1. The molecule has 2 aromatic rings. The lowest BCUT2D eigenvalue weighted by atomic mass is 10.1. The van der Waals surface area contributed by atoms with E-state index in [1.165, 1.54) is 0 Å². The summed E-state index contributed by atoms with van der Waals surface area (Å²) in [6.45, 7) is 0. The van der Waals surface area contributed by atoms with Crippen LogP contribution in [0.2, 0.25) is 0 Å². The molecule has 0 aliphatic rings. The molecule has 3 nitrogen and oxygen atoms in total. The number of aliphatic carboxylic acids is 1. The van der Waals surface area contributed by atoms with Crippen molar-refractivity contribution < 1.29 is 9.90 Å². The lowest BCUT2D eigenvalue weighted by Crippen LogP contribution is -2.03. The molecule has 114 valence electrons. The Bertz CT molecular complexity index is 657. The van der Waals surface area contributed by atoms with E-state index >= 15 is 0 Å². The first-order valence-electron chi connectivity index (χ1n) is 6.78. The Hall–Kier alpha value is -1.72. The minimum absolute atomic E-state index is 0.0567. The minimum Gasteiger partial charge on any atom is -0.481 e. The van der Waals surface area contributed by atoms with Crippen LogP contribution in [0.1, 0.15) is 11.1 Å². The third-order valence-electron chi connectivity index (χ3n) is 2.96. The topological polar surface area (TPSA) is 49.7 Å². The Labute approximate surface area is 138 Å². The fourth-order valence-electron chi connectivity index (χ4n) is 1.92. The predicted octanol–water partition coefficient (Wildman–Crippen LogP) is 4.60. The minimum atomic E-state index is -0.805. The summed E-state index contributed by atoms with van der Waals surface area (Å²) >= 11 is 3.23. The summed E-state index contributed by atoms with van der Waals surface area (Å²) in [5.41, 5.74) is 2.84. The summed E-state index contributed by atoms with van der Waals surface area (Å²) in [6, 6.07) is 17.5. The second-order valence-electron chi connectivity index (χ2n) is 4.55. The number of hydrogen-bond acceptors (Lipinski definition) is 4. The van der Waals surface area contributed by atoms with Gasteiger partial charge in [-0.2, -0.15) is 0 Å². The van der Waals surface area contributed by atoms with Crippen LogP contribution < -0.4 is 0 Å². The molecule has 0 heterocycles. The molecule has 0 aromatic heterocycles. The standard InChI is InChI=1S/C17H17NO2S2/c1-21-17(18-15-9-3-2-4-10-15)22-12-14-8-6-5-7-13(14)11-16(19)20/h2-10H,11-12H2,1H3,(H,19,20)/b18-17+. The number of rotatable bonds is 5. The van der Waals surface area contributed by atoms with E-state index in [1.807, 2.05) is 60.9 Å². The van der Waals surface area contributed by atoms with Crippen molar-refractivity contribution in [2.45, 2.75) is 12.2 Å². The molecule has 5 heteroatoms. The number of nitrogens with zero attached hydrogens (tertiary/aromatic N) is 1. The van der Waals surface area contributed by atoms with Crippen LogP contribution in [-0.4, -0.2) is 21.7 Å². The van der Waals surface area contributed by atoms with Gasteiger partial charge in [0, 0.05) is 5.75 Å². The highest BCUT2D eigenvalue weighted by atomic mass is 32.2. The van der Waals surface area contributed by atoms with Crippen molar-refractivity contribution in [3.8, 4) is 0 Å². The van der Waals surface area contributed by atoms with Gasteiger partial charge in [0.2, 0.25) is 0 Å². The van der Waals surface area contributed by atoms with Gasteiger partial charge < -0.3 is 5.11 Å². The molecule has 0 unspecified atom stereocenters. The maximum atomic E-state index is 10.9. The van der Waals surface area contributed by atoms with Crippen molar-refractivity contribution in [3.05, 3.63) is 65.7 Å². The molecule has 0 atom stereocenters. The van der Waals surface area contributed by atoms with Crippen molar-refractivity contribution >= 4 is 39.6 Å². The second kappa shape index (κ2) is 8.66. The number of para-hydroxylation sites is 1. The van der Waals surface area contributed by atoms with Gasteiger partial charge in [0.15, 0.2) is 0 Å². The average molecular weight is 331 g/mol. The molecule has 0 fully saturated rings. The molecular formula is C17H17NO2S2. The first-order chi connectivity index (χ1) is 10.7. The first kappa shape index (κ1) is 16.6. The predicted molar refractivity (Wildman–Crippen MR) is 96.1 cm³/mol. The largest absolute Gasteiger partial charge is 0.481 e. The number of carboxylic acid groups (broad SMARTS) is 1. The molecule has 2 aromatic carbocycles. The molecular weight excluding hydrogens is 314 g/mol. The molecule has 0 aliphatic carbocycles. The fourth-order valence-corrected chi connectivity index (χ4v) is 3.49. The van der Waals surface area contributed by atoms with Crippen molar-refractivity contribution in [2.75, 3.05) is 6.26 Å². The van der Waals surface area contributed by atoms with E-state index in [2.05, 4.69) is 4.99 Å². The van der Waals surface area contributed by atoms with Crippen molar-refractivity contribution in [1.29, 1.82) is 0 Å². The molecule has 0 spiro atoms. The third kappa shape index (κ3) is 5.24. The smallest absolute Gasteiger partial charge is 0.307 e. The van der Waals surface area contributed by atoms with Gasteiger partial charge in [-0.3, -0.25) is 4.79 Å². The number of carbonyl (C=O) groups is 1.